The summed E-state index contributed by atoms with van der Waals surface area (Å²) in [5.74, 6) is 1.08. The Morgan fingerprint density at radius 3 is 2.88 bits per heavy atom. The molecule has 0 radical (unpaired) electrons. The van der Waals surface area contributed by atoms with Crippen LogP contribution in [0.5, 0.6) is 5.75 Å². The Morgan fingerprint density at radius 1 is 1.38 bits per heavy atom. The Kier molecular flexibility index (Phi) is 5.98. The smallest absolute Gasteiger partial charge is 0.220 e. The van der Waals surface area contributed by atoms with Gasteiger partial charge < -0.3 is 10.1 Å². The first-order valence-electron chi connectivity index (χ1n) is 8.33. The van der Waals surface area contributed by atoms with Gasteiger partial charge in [-0.05, 0) is 37.4 Å². The van der Waals surface area contributed by atoms with Gasteiger partial charge in [-0.1, -0.05) is 0 Å². The van der Waals surface area contributed by atoms with Crippen LogP contribution in [0, 0.1) is 5.82 Å². The zero-order valence-electron chi connectivity index (χ0n) is 14.6. The highest BCUT2D eigenvalue weighted by atomic mass is 32.2. The number of ketones is 1. The third-order valence-electron chi connectivity index (χ3n) is 4.14. The number of benzene rings is 1. The maximum Gasteiger partial charge on any atom is 0.220 e. The van der Waals surface area contributed by atoms with Gasteiger partial charge in [0.15, 0.2) is 5.78 Å². The lowest BCUT2D eigenvalue weighted by atomic mass is 10.0. The molecule has 0 saturated carbocycles. The molecule has 1 atom stereocenters. The van der Waals surface area contributed by atoms with Crippen molar-refractivity contribution in [1.82, 2.24) is 5.32 Å². The molecule has 1 aliphatic heterocycles. The normalized spacial score (nSPS) is 15.4. The van der Waals surface area contributed by atoms with E-state index in [1.807, 2.05) is 12.3 Å². The molecule has 1 unspecified atom stereocenters. The van der Waals surface area contributed by atoms with Crippen molar-refractivity contribution in [3.8, 4) is 16.2 Å². The van der Waals surface area contributed by atoms with Crippen molar-refractivity contribution in [3.05, 3.63) is 40.5 Å². The largest absolute Gasteiger partial charge is 0.487 e. The van der Waals surface area contributed by atoms with Crippen LogP contribution in [-0.2, 0) is 11.2 Å². The van der Waals surface area contributed by atoms with Crippen LogP contribution < -0.4 is 10.1 Å². The number of Topliss-reactive ketones (excluding diaryl/α,β-unsaturated/α-hetero) is 1. The predicted octanol–water partition coefficient (Wildman–Crippen LogP) is 3.93. The molecule has 0 saturated heterocycles. The number of fused-ring (bicyclic) bond motifs is 1. The number of nitrogens with one attached hydrogen (secondary N) is 1. The average Bonchev–Trinajstić information content (AvgIpc) is 3.24. The first kappa shape index (κ1) is 18.9. The summed E-state index contributed by atoms with van der Waals surface area (Å²) in [5, 5.41) is 2.87. The molecule has 0 spiro atoms. The Morgan fingerprint density at radius 2 is 2.19 bits per heavy atom. The van der Waals surface area contributed by atoms with Crippen molar-refractivity contribution in [2.24, 2.45) is 0 Å². The monoisotopic (exact) mass is 393 g/mol. The van der Waals surface area contributed by atoms with Gasteiger partial charge in [0.1, 0.15) is 17.7 Å². The quantitative estimate of drug-likeness (QED) is 0.724. The topological polar surface area (TPSA) is 55.4 Å². The summed E-state index contributed by atoms with van der Waals surface area (Å²) in [6.45, 7) is 1.91. The van der Waals surface area contributed by atoms with E-state index in [2.05, 4.69) is 5.32 Å². The molecule has 0 bridgehead atoms. The number of hydrogen-bond acceptors (Lipinski definition) is 5. The van der Waals surface area contributed by atoms with E-state index in [1.165, 1.54) is 30.4 Å². The number of halogens is 1. The van der Waals surface area contributed by atoms with Crippen molar-refractivity contribution in [3.63, 3.8) is 0 Å². The summed E-state index contributed by atoms with van der Waals surface area (Å²) in [6.07, 6.45) is 2.77. The minimum atomic E-state index is -0.329. The van der Waals surface area contributed by atoms with E-state index < -0.39 is 0 Å². The van der Waals surface area contributed by atoms with Gasteiger partial charge in [-0.15, -0.1) is 11.3 Å². The number of carbonyl (C=O) groups is 2. The Hall–Kier alpha value is -1.86. The van der Waals surface area contributed by atoms with Crippen molar-refractivity contribution >= 4 is 34.8 Å². The summed E-state index contributed by atoms with van der Waals surface area (Å²) in [6, 6.07) is 6.48. The van der Waals surface area contributed by atoms with Crippen molar-refractivity contribution in [1.29, 1.82) is 0 Å². The minimum Gasteiger partial charge on any atom is -0.487 e. The fourth-order valence-corrected chi connectivity index (χ4v) is 4.18. The second kappa shape index (κ2) is 8.22. The summed E-state index contributed by atoms with van der Waals surface area (Å²) >= 11 is 2.96. The molecule has 0 fully saturated rings. The molecular formula is C19H20FNO3S2. The molecule has 4 nitrogen and oxygen atoms in total. The van der Waals surface area contributed by atoms with E-state index in [0.29, 0.717) is 35.6 Å². The van der Waals surface area contributed by atoms with Crippen molar-refractivity contribution in [2.45, 2.75) is 25.9 Å². The highest BCUT2D eigenvalue weighted by molar-refractivity contribution is 7.98. The van der Waals surface area contributed by atoms with Gasteiger partial charge in [0.05, 0.1) is 11.4 Å². The van der Waals surface area contributed by atoms with Crippen LogP contribution >= 0.6 is 23.1 Å². The Labute approximate surface area is 160 Å². The Bertz CT molecular complexity index is 834. The van der Waals surface area contributed by atoms with Crippen molar-refractivity contribution in [2.75, 3.05) is 18.6 Å². The van der Waals surface area contributed by atoms with Gasteiger partial charge in [-0.3, -0.25) is 9.59 Å². The molecule has 0 aliphatic carbocycles. The molecule has 7 heteroatoms. The number of ether oxygens (including phenoxy) is 1. The van der Waals surface area contributed by atoms with Gasteiger partial charge in [0.2, 0.25) is 5.91 Å². The van der Waals surface area contributed by atoms with Crippen molar-refractivity contribution < 1.29 is 18.7 Å². The van der Waals surface area contributed by atoms with Gasteiger partial charge >= 0.3 is 0 Å². The maximum absolute atomic E-state index is 14.1. The van der Waals surface area contributed by atoms with E-state index in [1.54, 1.807) is 17.8 Å². The van der Waals surface area contributed by atoms with E-state index in [9.17, 15) is 14.0 Å². The lowest BCUT2D eigenvalue weighted by molar-refractivity contribution is -0.121. The SMILES string of the molecule is CSCCC(=O)NCC1Cc2cc(F)cc(-c3ccc(C(C)=O)s3)c2O1. The molecule has 1 aromatic heterocycles. The number of thiophene rings is 1. The average molecular weight is 394 g/mol. The molecule has 2 aromatic rings. The second-order valence-electron chi connectivity index (χ2n) is 6.15. The summed E-state index contributed by atoms with van der Waals surface area (Å²) in [4.78, 5) is 24.7. The molecule has 26 heavy (non-hydrogen) atoms. The fourth-order valence-electron chi connectivity index (χ4n) is 2.87. The molecular weight excluding hydrogens is 373 g/mol. The lowest BCUT2D eigenvalue weighted by Gasteiger charge is -2.13. The first-order valence-corrected chi connectivity index (χ1v) is 10.5. The number of hydrogen-bond donors (Lipinski definition) is 1. The highest BCUT2D eigenvalue weighted by Gasteiger charge is 2.28. The number of thioether (sulfide) groups is 1. The van der Waals surface area contributed by atoms with Gasteiger partial charge in [0, 0.05) is 34.6 Å². The molecule has 138 valence electrons. The third-order valence-corrected chi connectivity index (χ3v) is 5.97. The van der Waals surface area contributed by atoms with Crippen LogP contribution in [0.1, 0.15) is 28.6 Å². The minimum absolute atomic E-state index is 0.00494. The lowest BCUT2D eigenvalue weighted by Crippen LogP contribution is -2.34. The molecule has 1 aliphatic rings. The van der Waals surface area contributed by atoms with Gasteiger partial charge in [-0.2, -0.15) is 11.8 Å². The third kappa shape index (κ3) is 4.27. The summed E-state index contributed by atoms with van der Waals surface area (Å²) < 4.78 is 20.1. The molecule has 1 amide bonds. The van der Waals surface area contributed by atoms with Crippen LogP contribution in [0.25, 0.3) is 10.4 Å². The maximum atomic E-state index is 14.1. The fraction of sp³-hybridized carbons (Fsp3) is 0.368. The molecule has 1 N–H and O–H groups in total. The summed E-state index contributed by atoms with van der Waals surface area (Å²) in [5.41, 5.74) is 1.45. The predicted molar refractivity (Wildman–Crippen MR) is 104 cm³/mol. The molecule has 1 aromatic carbocycles. The molecule has 3 rings (SSSR count). The standard InChI is InChI=1S/C19H20FNO3S2/c1-11(22)16-3-4-17(26-16)15-9-13(20)7-12-8-14(24-19(12)15)10-21-18(23)5-6-25-2/h3-4,7,9,14H,5-6,8,10H2,1-2H3,(H,21,23). The van der Waals surface area contributed by atoms with E-state index in [0.717, 1.165) is 16.2 Å². The number of carbonyl (C=O) groups excluding carboxylic acids is 2. The zero-order chi connectivity index (χ0) is 18.7. The van der Waals surface area contributed by atoms with E-state index in [-0.39, 0.29) is 23.6 Å². The van der Waals surface area contributed by atoms with Crippen LogP contribution in [-0.4, -0.2) is 36.3 Å². The number of rotatable bonds is 7. The highest BCUT2D eigenvalue weighted by Crippen LogP contribution is 2.42. The van der Waals surface area contributed by atoms with Crippen LogP contribution in [0.2, 0.25) is 0 Å². The van der Waals surface area contributed by atoms with E-state index >= 15 is 0 Å². The van der Waals surface area contributed by atoms with Gasteiger partial charge in [0.25, 0.3) is 0 Å². The van der Waals surface area contributed by atoms with Crippen LogP contribution in [0.15, 0.2) is 24.3 Å². The van der Waals surface area contributed by atoms with Gasteiger partial charge in [-0.25, -0.2) is 4.39 Å². The summed E-state index contributed by atoms with van der Waals surface area (Å²) in [7, 11) is 0. The second-order valence-corrected chi connectivity index (χ2v) is 8.22. The zero-order valence-corrected chi connectivity index (χ0v) is 16.3. The molecule has 2 heterocycles. The van der Waals surface area contributed by atoms with E-state index in [4.69, 9.17) is 4.74 Å². The van der Waals surface area contributed by atoms with Crippen LogP contribution in [0.4, 0.5) is 4.39 Å². The van der Waals surface area contributed by atoms with Crippen LogP contribution in [0.3, 0.4) is 0 Å². The Balaban J connectivity index is 1.75. The first-order chi connectivity index (χ1) is 12.5. The number of amides is 1.